The van der Waals surface area contributed by atoms with Gasteiger partial charge in [0, 0.05) is 6.04 Å². The van der Waals surface area contributed by atoms with Crippen molar-refractivity contribution in [2.75, 3.05) is 20.2 Å². The fourth-order valence-corrected chi connectivity index (χ4v) is 2.55. The van der Waals surface area contributed by atoms with Crippen LogP contribution in [0.4, 0.5) is 0 Å². The number of hydrogen-bond acceptors (Lipinski definition) is 3. The number of methoxy groups -OCH3 is 1. The smallest absolute Gasteiger partial charge is 0.180 e. The van der Waals surface area contributed by atoms with Crippen LogP contribution in [-0.2, 0) is 0 Å². The molecule has 3 nitrogen and oxygen atoms in total. The number of hydrogen-bond donors (Lipinski definition) is 0. The van der Waals surface area contributed by atoms with E-state index in [0.29, 0.717) is 29.8 Å². The molecule has 0 aromatic heterocycles. The highest BCUT2D eigenvalue weighted by Crippen LogP contribution is 2.28. The molecule has 1 fully saturated rings. The third kappa shape index (κ3) is 4.57. The predicted octanol–water partition coefficient (Wildman–Crippen LogP) is 3.70. The summed E-state index contributed by atoms with van der Waals surface area (Å²) in [4.78, 5) is 15.0. The standard InChI is InChI=1S/C18H27NO2/c1-13(2)9-10-19(15-6-7-15)12-17(20)16-8-5-14(3)11-18(16)21-4/h5,8,11,13,15H,6-7,9-10,12H2,1-4H3. The molecule has 2 rings (SSSR count). The molecule has 0 radical (unpaired) electrons. The number of nitrogens with zero attached hydrogens (tertiary/aromatic N) is 1. The molecule has 1 aromatic rings. The lowest BCUT2D eigenvalue weighted by Crippen LogP contribution is -2.33. The van der Waals surface area contributed by atoms with Crippen molar-refractivity contribution < 1.29 is 9.53 Å². The van der Waals surface area contributed by atoms with Gasteiger partial charge in [-0.05, 0) is 56.3 Å². The van der Waals surface area contributed by atoms with Crippen molar-refractivity contribution in [2.24, 2.45) is 5.92 Å². The van der Waals surface area contributed by atoms with Crippen molar-refractivity contribution in [1.82, 2.24) is 4.90 Å². The summed E-state index contributed by atoms with van der Waals surface area (Å²) in [6, 6.07) is 6.42. The van der Waals surface area contributed by atoms with Gasteiger partial charge >= 0.3 is 0 Å². The number of rotatable bonds is 8. The third-order valence-electron chi connectivity index (χ3n) is 4.06. The molecule has 0 unspecified atom stereocenters. The minimum Gasteiger partial charge on any atom is -0.496 e. The SMILES string of the molecule is COc1cc(C)ccc1C(=O)CN(CCC(C)C)C1CC1. The maximum atomic E-state index is 12.6. The Morgan fingerprint density at radius 1 is 1.38 bits per heavy atom. The second kappa shape index (κ2) is 7.08. The van der Waals surface area contributed by atoms with Gasteiger partial charge in [0.05, 0.1) is 19.2 Å². The molecule has 0 heterocycles. The van der Waals surface area contributed by atoms with E-state index in [-0.39, 0.29) is 5.78 Å². The molecule has 1 aliphatic rings. The number of carbonyl (C=O) groups is 1. The summed E-state index contributed by atoms with van der Waals surface area (Å²) >= 11 is 0. The summed E-state index contributed by atoms with van der Waals surface area (Å²) in [5, 5.41) is 0. The van der Waals surface area contributed by atoms with Crippen LogP contribution in [0.3, 0.4) is 0 Å². The molecule has 0 N–H and O–H groups in total. The van der Waals surface area contributed by atoms with Crippen molar-refractivity contribution >= 4 is 5.78 Å². The molecule has 0 atom stereocenters. The van der Waals surface area contributed by atoms with E-state index in [2.05, 4.69) is 18.7 Å². The molecule has 3 heteroatoms. The summed E-state index contributed by atoms with van der Waals surface area (Å²) < 4.78 is 5.36. The summed E-state index contributed by atoms with van der Waals surface area (Å²) in [6.45, 7) is 8.00. The molecule has 0 spiro atoms. The van der Waals surface area contributed by atoms with Crippen LogP contribution in [0.5, 0.6) is 5.75 Å². The third-order valence-corrected chi connectivity index (χ3v) is 4.06. The average molecular weight is 289 g/mol. The highest BCUT2D eigenvalue weighted by Gasteiger charge is 2.30. The predicted molar refractivity (Wildman–Crippen MR) is 86.1 cm³/mol. The zero-order chi connectivity index (χ0) is 15.4. The minimum atomic E-state index is 0.169. The Bertz CT molecular complexity index is 492. The maximum Gasteiger partial charge on any atom is 0.180 e. The lowest BCUT2D eigenvalue weighted by molar-refractivity contribution is 0.0917. The highest BCUT2D eigenvalue weighted by atomic mass is 16.5. The molecule has 116 valence electrons. The van der Waals surface area contributed by atoms with Gasteiger partial charge in [0.25, 0.3) is 0 Å². The van der Waals surface area contributed by atoms with Crippen LogP contribution in [0.25, 0.3) is 0 Å². The minimum absolute atomic E-state index is 0.169. The van der Waals surface area contributed by atoms with Crippen LogP contribution in [0, 0.1) is 12.8 Å². The molecule has 0 bridgehead atoms. The quantitative estimate of drug-likeness (QED) is 0.683. The maximum absolute atomic E-state index is 12.6. The normalized spacial score (nSPS) is 14.8. The Morgan fingerprint density at radius 3 is 2.67 bits per heavy atom. The van der Waals surface area contributed by atoms with Gasteiger partial charge in [0.2, 0.25) is 0 Å². The lowest BCUT2D eigenvalue weighted by Gasteiger charge is -2.22. The van der Waals surface area contributed by atoms with Crippen LogP contribution in [0.2, 0.25) is 0 Å². The van der Waals surface area contributed by atoms with E-state index in [1.165, 1.54) is 12.8 Å². The number of ether oxygens (including phenoxy) is 1. The number of ketones is 1. The van der Waals surface area contributed by atoms with Gasteiger partial charge in [0.1, 0.15) is 5.75 Å². The van der Waals surface area contributed by atoms with E-state index in [0.717, 1.165) is 18.5 Å². The van der Waals surface area contributed by atoms with Crippen LogP contribution in [-0.4, -0.2) is 36.9 Å². The topological polar surface area (TPSA) is 29.5 Å². The van der Waals surface area contributed by atoms with E-state index in [9.17, 15) is 4.79 Å². The second-order valence-electron chi connectivity index (χ2n) is 6.51. The first-order valence-corrected chi connectivity index (χ1v) is 7.93. The first-order chi connectivity index (χ1) is 10.0. The molecule has 21 heavy (non-hydrogen) atoms. The number of aryl methyl sites for hydroxylation is 1. The Morgan fingerprint density at radius 2 is 2.10 bits per heavy atom. The van der Waals surface area contributed by atoms with E-state index >= 15 is 0 Å². The number of Topliss-reactive ketones (excluding diaryl/α,β-unsaturated/α-hetero) is 1. The van der Waals surface area contributed by atoms with E-state index < -0.39 is 0 Å². The van der Waals surface area contributed by atoms with Crippen molar-refractivity contribution in [3.63, 3.8) is 0 Å². The van der Waals surface area contributed by atoms with Gasteiger partial charge in [0.15, 0.2) is 5.78 Å². The van der Waals surface area contributed by atoms with Gasteiger partial charge in [-0.3, -0.25) is 9.69 Å². The Hall–Kier alpha value is -1.35. The molecular weight excluding hydrogens is 262 g/mol. The second-order valence-corrected chi connectivity index (χ2v) is 6.51. The zero-order valence-electron chi connectivity index (χ0n) is 13.7. The van der Waals surface area contributed by atoms with E-state index in [1.807, 2.05) is 25.1 Å². The first-order valence-electron chi connectivity index (χ1n) is 7.93. The van der Waals surface area contributed by atoms with Crippen molar-refractivity contribution in [3.05, 3.63) is 29.3 Å². The molecule has 0 amide bonds. The van der Waals surface area contributed by atoms with Crippen molar-refractivity contribution in [2.45, 2.75) is 46.1 Å². The van der Waals surface area contributed by atoms with Crippen LogP contribution in [0.1, 0.15) is 49.0 Å². The zero-order valence-corrected chi connectivity index (χ0v) is 13.7. The lowest BCUT2D eigenvalue weighted by atomic mass is 10.1. The van der Waals surface area contributed by atoms with Gasteiger partial charge < -0.3 is 4.74 Å². The van der Waals surface area contributed by atoms with Crippen LogP contribution >= 0.6 is 0 Å². The largest absolute Gasteiger partial charge is 0.496 e. The van der Waals surface area contributed by atoms with Gasteiger partial charge in [-0.1, -0.05) is 19.9 Å². The van der Waals surface area contributed by atoms with Crippen molar-refractivity contribution in [1.29, 1.82) is 0 Å². The van der Waals surface area contributed by atoms with Gasteiger partial charge in [-0.2, -0.15) is 0 Å². The highest BCUT2D eigenvalue weighted by molar-refractivity contribution is 6.00. The van der Waals surface area contributed by atoms with Gasteiger partial charge in [-0.15, -0.1) is 0 Å². The Kier molecular flexibility index (Phi) is 5.40. The number of benzene rings is 1. The van der Waals surface area contributed by atoms with Crippen molar-refractivity contribution in [3.8, 4) is 5.75 Å². The molecule has 1 aromatic carbocycles. The molecule has 0 saturated heterocycles. The summed E-state index contributed by atoms with van der Waals surface area (Å²) in [5.74, 6) is 1.54. The van der Waals surface area contributed by atoms with Gasteiger partial charge in [-0.25, -0.2) is 0 Å². The molecule has 1 aliphatic carbocycles. The Balaban J connectivity index is 2.04. The fourth-order valence-electron chi connectivity index (χ4n) is 2.55. The van der Waals surface area contributed by atoms with Crippen LogP contribution < -0.4 is 4.74 Å². The first kappa shape index (κ1) is 16.0. The molecule has 0 aliphatic heterocycles. The van der Waals surface area contributed by atoms with E-state index in [4.69, 9.17) is 4.74 Å². The fraction of sp³-hybridized carbons (Fsp3) is 0.611. The summed E-state index contributed by atoms with van der Waals surface area (Å²) in [7, 11) is 1.63. The van der Waals surface area contributed by atoms with Crippen LogP contribution in [0.15, 0.2) is 18.2 Å². The summed E-state index contributed by atoms with van der Waals surface area (Å²) in [6.07, 6.45) is 3.61. The number of carbonyl (C=O) groups excluding carboxylic acids is 1. The monoisotopic (exact) mass is 289 g/mol. The molecule has 1 saturated carbocycles. The Labute approximate surface area is 128 Å². The average Bonchev–Trinajstić information content (AvgIpc) is 3.27. The molecular formula is C18H27NO2. The summed E-state index contributed by atoms with van der Waals surface area (Å²) in [5.41, 5.74) is 1.82. The van der Waals surface area contributed by atoms with E-state index in [1.54, 1.807) is 7.11 Å².